The monoisotopic (exact) mass is 298 g/mol. The normalized spacial score (nSPS) is 12.3. The van der Waals surface area contributed by atoms with Crippen LogP contribution in [0.4, 0.5) is 10.1 Å². The minimum absolute atomic E-state index is 0.0987. The molecule has 1 rings (SSSR count). The Morgan fingerprint density at radius 1 is 1.47 bits per heavy atom. The molecule has 0 N–H and O–H groups in total. The Morgan fingerprint density at radius 2 is 2.12 bits per heavy atom. The summed E-state index contributed by atoms with van der Waals surface area (Å²) in [5.41, 5.74) is 0.514. The van der Waals surface area contributed by atoms with Crippen molar-refractivity contribution >= 4 is 21.6 Å². The molecule has 0 saturated carbocycles. The highest BCUT2D eigenvalue weighted by atomic mass is 79.9. The predicted octanol–water partition coefficient (Wildman–Crippen LogP) is 3.82. The van der Waals surface area contributed by atoms with Crippen LogP contribution in [0.2, 0.25) is 0 Å². The predicted molar refractivity (Wildman–Crippen MR) is 71.3 cm³/mol. The second-order valence-corrected chi connectivity index (χ2v) is 5.37. The first-order valence-electron chi connectivity index (χ1n) is 5.51. The fourth-order valence-corrected chi connectivity index (χ4v) is 1.92. The highest BCUT2D eigenvalue weighted by Gasteiger charge is 2.17. The van der Waals surface area contributed by atoms with Crippen LogP contribution in [0.5, 0.6) is 0 Å². The highest BCUT2D eigenvalue weighted by molar-refractivity contribution is 9.10. The third-order valence-corrected chi connectivity index (χ3v) is 3.25. The van der Waals surface area contributed by atoms with E-state index in [1.807, 2.05) is 13.8 Å². The second-order valence-electron chi connectivity index (χ2n) is 4.46. The van der Waals surface area contributed by atoms with Crippen LogP contribution in [-0.4, -0.2) is 13.6 Å². The Morgan fingerprint density at radius 3 is 2.65 bits per heavy atom. The molecule has 0 saturated heterocycles. The average molecular weight is 299 g/mol. The number of rotatable bonds is 4. The molecule has 1 aromatic rings. The summed E-state index contributed by atoms with van der Waals surface area (Å²) in [5.74, 6) is -0.104. The zero-order valence-corrected chi connectivity index (χ0v) is 11.8. The van der Waals surface area contributed by atoms with Crippen molar-refractivity contribution < 1.29 is 4.39 Å². The third-order valence-electron chi connectivity index (χ3n) is 2.76. The summed E-state index contributed by atoms with van der Waals surface area (Å²) in [5, 5.41) is 9.04. The molecule has 1 atom stereocenters. The summed E-state index contributed by atoms with van der Waals surface area (Å²) in [6, 6.07) is 7.07. The Bertz CT molecular complexity index is 426. The summed E-state index contributed by atoms with van der Waals surface area (Å²) in [4.78, 5) is 1.79. The van der Waals surface area contributed by atoms with Crippen molar-refractivity contribution in [3.05, 3.63) is 28.5 Å². The van der Waals surface area contributed by atoms with Crippen LogP contribution in [0.1, 0.15) is 13.8 Å². The first-order chi connectivity index (χ1) is 7.95. The third kappa shape index (κ3) is 3.71. The molecule has 1 aromatic carbocycles. The maximum absolute atomic E-state index is 13.6. The van der Waals surface area contributed by atoms with E-state index in [0.717, 1.165) is 4.47 Å². The Balaban J connectivity index is 2.86. The maximum atomic E-state index is 13.6. The molecule has 2 nitrogen and oxygen atoms in total. The lowest BCUT2D eigenvalue weighted by atomic mass is 9.97. The number of nitriles is 1. The van der Waals surface area contributed by atoms with Crippen LogP contribution in [0.15, 0.2) is 22.7 Å². The summed E-state index contributed by atoms with van der Waals surface area (Å²) < 4.78 is 14.5. The molecule has 1 unspecified atom stereocenters. The van der Waals surface area contributed by atoms with Crippen molar-refractivity contribution in [3.63, 3.8) is 0 Å². The van der Waals surface area contributed by atoms with E-state index in [9.17, 15) is 4.39 Å². The van der Waals surface area contributed by atoms with Crippen molar-refractivity contribution in [2.75, 3.05) is 18.5 Å². The van der Waals surface area contributed by atoms with Gasteiger partial charge in [-0.05, 0) is 24.1 Å². The molecule has 0 bridgehead atoms. The molecule has 0 aliphatic carbocycles. The van der Waals surface area contributed by atoms with E-state index in [-0.39, 0.29) is 17.7 Å². The molecule has 0 spiro atoms. The minimum atomic E-state index is -0.267. The molecule has 4 heteroatoms. The fourth-order valence-electron chi connectivity index (χ4n) is 1.57. The van der Waals surface area contributed by atoms with Gasteiger partial charge in [0.1, 0.15) is 5.82 Å². The van der Waals surface area contributed by atoms with Crippen LogP contribution >= 0.6 is 15.9 Å². The SMILES string of the molecule is CC(C)C(C#N)CN(C)c1cc(Br)ccc1F. The van der Waals surface area contributed by atoms with Crippen LogP contribution in [-0.2, 0) is 0 Å². The molecule has 0 aliphatic rings. The second kappa shape index (κ2) is 6.02. The van der Waals surface area contributed by atoms with Crippen LogP contribution in [0.25, 0.3) is 0 Å². The van der Waals surface area contributed by atoms with Gasteiger partial charge in [0.2, 0.25) is 0 Å². The number of hydrogen-bond donors (Lipinski definition) is 0. The van der Waals surface area contributed by atoms with E-state index in [1.54, 1.807) is 24.1 Å². The lowest BCUT2D eigenvalue weighted by Gasteiger charge is -2.24. The fraction of sp³-hybridized carbons (Fsp3) is 0.462. The number of anilines is 1. The van der Waals surface area contributed by atoms with Crippen molar-refractivity contribution in [2.45, 2.75) is 13.8 Å². The van der Waals surface area contributed by atoms with Gasteiger partial charge < -0.3 is 4.90 Å². The molecule has 0 heterocycles. The lowest BCUT2D eigenvalue weighted by molar-refractivity contribution is 0.474. The molecule has 0 amide bonds. The first-order valence-corrected chi connectivity index (χ1v) is 6.30. The van der Waals surface area contributed by atoms with Gasteiger partial charge >= 0.3 is 0 Å². The largest absolute Gasteiger partial charge is 0.371 e. The number of hydrogen-bond acceptors (Lipinski definition) is 2. The van der Waals surface area contributed by atoms with E-state index in [1.165, 1.54) is 6.07 Å². The summed E-state index contributed by atoms with van der Waals surface area (Å²) in [7, 11) is 1.80. The minimum Gasteiger partial charge on any atom is -0.371 e. The van der Waals surface area contributed by atoms with Crippen molar-refractivity contribution in [3.8, 4) is 6.07 Å². The average Bonchev–Trinajstić information content (AvgIpc) is 2.28. The smallest absolute Gasteiger partial charge is 0.146 e. The maximum Gasteiger partial charge on any atom is 0.146 e. The van der Waals surface area contributed by atoms with Crippen LogP contribution in [0, 0.1) is 29.0 Å². The zero-order valence-electron chi connectivity index (χ0n) is 10.2. The standard InChI is InChI=1S/C13H16BrFN2/c1-9(2)10(7-16)8-17(3)13-6-11(14)4-5-12(13)15/h4-6,9-10H,8H2,1-3H3. The number of benzene rings is 1. The Hall–Kier alpha value is -1.08. The van der Waals surface area contributed by atoms with E-state index >= 15 is 0 Å². The van der Waals surface area contributed by atoms with Gasteiger partial charge in [-0.2, -0.15) is 5.26 Å². The molecule has 92 valence electrons. The molecule has 0 radical (unpaired) electrons. The van der Waals surface area contributed by atoms with Gasteiger partial charge in [-0.15, -0.1) is 0 Å². The van der Waals surface area contributed by atoms with Gasteiger partial charge in [0.05, 0.1) is 17.7 Å². The van der Waals surface area contributed by atoms with Gasteiger partial charge in [-0.3, -0.25) is 0 Å². The van der Waals surface area contributed by atoms with Crippen LogP contribution < -0.4 is 4.90 Å². The topological polar surface area (TPSA) is 27.0 Å². The van der Waals surface area contributed by atoms with E-state index in [0.29, 0.717) is 12.2 Å². The van der Waals surface area contributed by atoms with E-state index in [2.05, 4.69) is 22.0 Å². The molecular formula is C13H16BrFN2. The van der Waals surface area contributed by atoms with E-state index < -0.39 is 0 Å². The van der Waals surface area contributed by atoms with Gasteiger partial charge in [-0.1, -0.05) is 29.8 Å². The summed E-state index contributed by atoms with van der Waals surface area (Å²) >= 11 is 3.32. The van der Waals surface area contributed by atoms with Gasteiger partial charge in [0.25, 0.3) is 0 Å². The van der Waals surface area contributed by atoms with Crippen LogP contribution in [0.3, 0.4) is 0 Å². The summed E-state index contributed by atoms with van der Waals surface area (Å²) in [6.45, 7) is 4.53. The molecule has 0 fully saturated rings. The quantitative estimate of drug-likeness (QED) is 0.845. The highest BCUT2D eigenvalue weighted by Crippen LogP contribution is 2.24. The lowest BCUT2D eigenvalue weighted by Crippen LogP contribution is -2.28. The number of halogens is 2. The first kappa shape index (κ1) is 14.0. The molecule has 17 heavy (non-hydrogen) atoms. The molecule has 0 aromatic heterocycles. The van der Waals surface area contributed by atoms with Crippen molar-refractivity contribution in [1.29, 1.82) is 5.26 Å². The molecular weight excluding hydrogens is 283 g/mol. The van der Waals surface area contributed by atoms with Crippen molar-refractivity contribution in [2.24, 2.45) is 11.8 Å². The summed E-state index contributed by atoms with van der Waals surface area (Å²) in [6.07, 6.45) is 0. The zero-order chi connectivity index (χ0) is 13.0. The van der Waals surface area contributed by atoms with E-state index in [4.69, 9.17) is 5.26 Å². The Kier molecular flexibility index (Phi) is 4.95. The van der Waals surface area contributed by atoms with Gasteiger partial charge in [0.15, 0.2) is 0 Å². The molecule has 0 aliphatic heterocycles. The van der Waals surface area contributed by atoms with Gasteiger partial charge in [0, 0.05) is 18.1 Å². The number of nitrogens with zero attached hydrogens (tertiary/aromatic N) is 2. The van der Waals surface area contributed by atoms with Gasteiger partial charge in [-0.25, -0.2) is 4.39 Å². The van der Waals surface area contributed by atoms with Crippen molar-refractivity contribution in [1.82, 2.24) is 0 Å². The Labute approximate surface area is 110 Å².